The van der Waals surface area contributed by atoms with Crippen molar-refractivity contribution in [1.29, 1.82) is 0 Å². The van der Waals surface area contributed by atoms with Crippen LogP contribution in [0.3, 0.4) is 0 Å². The lowest BCUT2D eigenvalue weighted by Gasteiger charge is -2.23. The lowest BCUT2D eigenvalue weighted by Crippen LogP contribution is -2.18. The average Bonchev–Trinajstić information content (AvgIpc) is 2.65. The highest BCUT2D eigenvalue weighted by molar-refractivity contribution is 5.51. The predicted octanol–water partition coefficient (Wildman–Crippen LogP) is 4.14. The van der Waals surface area contributed by atoms with E-state index in [9.17, 15) is 5.11 Å². The number of aliphatic hydroxyl groups is 1. The van der Waals surface area contributed by atoms with Crippen molar-refractivity contribution in [3.63, 3.8) is 0 Å². The molecule has 1 heterocycles. The van der Waals surface area contributed by atoms with Gasteiger partial charge in [-0.3, -0.25) is 0 Å². The Balaban J connectivity index is 2.50. The Hall–Kier alpha value is -1.02. The summed E-state index contributed by atoms with van der Waals surface area (Å²) in [5.74, 6) is 0.927. The molecule has 0 saturated carbocycles. The molecule has 0 bridgehead atoms. The number of aliphatic hydroxyl groups excluding tert-OH is 1. The van der Waals surface area contributed by atoms with Crippen molar-refractivity contribution in [2.24, 2.45) is 0 Å². The normalized spacial score (nSPS) is 22.2. The molecule has 2 nitrogen and oxygen atoms in total. The van der Waals surface area contributed by atoms with Gasteiger partial charge in [0.05, 0.1) is 0 Å². The summed E-state index contributed by atoms with van der Waals surface area (Å²) in [5, 5.41) is 10.5. The molecule has 0 fully saturated rings. The van der Waals surface area contributed by atoms with Gasteiger partial charge in [0.2, 0.25) is 0 Å². The van der Waals surface area contributed by atoms with E-state index in [1.807, 2.05) is 0 Å². The Labute approximate surface area is 116 Å². The van der Waals surface area contributed by atoms with Gasteiger partial charge in [-0.15, -0.1) is 0 Å². The molecule has 1 aromatic carbocycles. The first kappa shape index (κ1) is 14.4. The van der Waals surface area contributed by atoms with Crippen molar-refractivity contribution in [3.8, 4) is 5.75 Å². The van der Waals surface area contributed by atoms with Crippen molar-refractivity contribution >= 4 is 0 Å². The van der Waals surface area contributed by atoms with Crippen LogP contribution in [0.5, 0.6) is 5.75 Å². The van der Waals surface area contributed by atoms with Crippen LogP contribution in [0.15, 0.2) is 12.1 Å². The fourth-order valence-corrected chi connectivity index (χ4v) is 2.74. The van der Waals surface area contributed by atoms with E-state index in [-0.39, 0.29) is 11.5 Å². The largest absolute Gasteiger partial charge is 0.487 e. The number of ether oxygens (including phenoxy) is 1. The molecule has 2 rings (SSSR count). The fourth-order valence-electron chi connectivity index (χ4n) is 2.74. The average molecular weight is 262 g/mol. The molecule has 2 unspecified atom stereocenters. The van der Waals surface area contributed by atoms with Crippen molar-refractivity contribution in [1.82, 2.24) is 0 Å². The topological polar surface area (TPSA) is 29.5 Å². The van der Waals surface area contributed by atoms with Gasteiger partial charge in [0, 0.05) is 11.1 Å². The van der Waals surface area contributed by atoms with Gasteiger partial charge in [0.15, 0.2) is 0 Å². The van der Waals surface area contributed by atoms with Gasteiger partial charge >= 0.3 is 0 Å². The minimum atomic E-state index is -0.470. The van der Waals surface area contributed by atoms with Crippen molar-refractivity contribution in [3.05, 3.63) is 28.8 Å². The summed E-state index contributed by atoms with van der Waals surface area (Å²) < 4.78 is 6.07. The van der Waals surface area contributed by atoms with Crippen LogP contribution in [0.2, 0.25) is 0 Å². The Kier molecular flexibility index (Phi) is 3.91. The standard InChI is InChI=1S/C17H26O2/c1-6-8-14-15(18)12-9-11(7-2)10-13(16(12)19-14)17(3,4)5/h9-10,14-15,18H,6-8H2,1-5H3. The first-order chi connectivity index (χ1) is 8.88. The minimum absolute atomic E-state index is 0.0378. The molecule has 0 aliphatic carbocycles. The van der Waals surface area contributed by atoms with Crippen LogP contribution in [0.4, 0.5) is 0 Å². The molecule has 2 heteroatoms. The maximum absolute atomic E-state index is 10.5. The van der Waals surface area contributed by atoms with E-state index in [0.717, 1.165) is 30.6 Å². The highest BCUT2D eigenvalue weighted by atomic mass is 16.5. The number of hydrogen-bond acceptors (Lipinski definition) is 2. The zero-order chi connectivity index (χ0) is 14.2. The van der Waals surface area contributed by atoms with E-state index in [0.29, 0.717) is 0 Å². The molecule has 1 aliphatic heterocycles. The molecule has 1 N–H and O–H groups in total. The first-order valence-electron chi connectivity index (χ1n) is 7.40. The van der Waals surface area contributed by atoms with Gasteiger partial charge in [-0.2, -0.15) is 0 Å². The quantitative estimate of drug-likeness (QED) is 0.887. The predicted molar refractivity (Wildman–Crippen MR) is 78.8 cm³/mol. The summed E-state index contributed by atoms with van der Waals surface area (Å²) in [6, 6.07) is 4.35. The van der Waals surface area contributed by atoms with Gasteiger partial charge in [-0.25, -0.2) is 0 Å². The van der Waals surface area contributed by atoms with E-state index in [2.05, 4.69) is 46.8 Å². The van der Waals surface area contributed by atoms with Crippen molar-refractivity contribution in [2.75, 3.05) is 0 Å². The maximum atomic E-state index is 10.5. The van der Waals surface area contributed by atoms with Crippen LogP contribution in [0.1, 0.15) is 70.3 Å². The van der Waals surface area contributed by atoms with Crippen LogP contribution < -0.4 is 4.74 Å². The summed E-state index contributed by atoms with van der Waals surface area (Å²) in [4.78, 5) is 0. The number of benzene rings is 1. The number of hydrogen-bond donors (Lipinski definition) is 1. The molecule has 106 valence electrons. The molecule has 1 aromatic rings. The Morgan fingerprint density at radius 2 is 1.89 bits per heavy atom. The summed E-state index contributed by atoms with van der Waals surface area (Å²) in [5.41, 5.74) is 3.53. The van der Waals surface area contributed by atoms with Crippen LogP contribution in [-0.4, -0.2) is 11.2 Å². The Morgan fingerprint density at radius 1 is 1.21 bits per heavy atom. The van der Waals surface area contributed by atoms with Crippen molar-refractivity contribution < 1.29 is 9.84 Å². The van der Waals surface area contributed by atoms with Gasteiger partial charge < -0.3 is 9.84 Å². The van der Waals surface area contributed by atoms with Crippen LogP contribution in [-0.2, 0) is 11.8 Å². The maximum Gasteiger partial charge on any atom is 0.129 e. The van der Waals surface area contributed by atoms with E-state index in [1.54, 1.807) is 0 Å². The molecule has 0 saturated heterocycles. The Morgan fingerprint density at radius 3 is 2.42 bits per heavy atom. The van der Waals surface area contributed by atoms with Gasteiger partial charge in [0.1, 0.15) is 18.0 Å². The zero-order valence-electron chi connectivity index (χ0n) is 12.8. The third-order valence-corrected chi connectivity index (χ3v) is 3.91. The number of rotatable bonds is 3. The van der Waals surface area contributed by atoms with Crippen LogP contribution in [0.25, 0.3) is 0 Å². The summed E-state index contributed by atoms with van der Waals surface area (Å²) in [7, 11) is 0. The van der Waals surface area contributed by atoms with Gasteiger partial charge in [-0.1, -0.05) is 47.1 Å². The molecular formula is C17H26O2. The third-order valence-electron chi connectivity index (χ3n) is 3.91. The monoisotopic (exact) mass is 262 g/mol. The lowest BCUT2D eigenvalue weighted by molar-refractivity contribution is 0.0610. The second-order valence-electron chi connectivity index (χ2n) is 6.56. The Bertz CT molecular complexity index is 457. The van der Waals surface area contributed by atoms with E-state index in [1.165, 1.54) is 11.1 Å². The molecule has 0 aromatic heterocycles. The SMILES string of the molecule is CCCC1Oc2c(cc(CC)cc2C(C)(C)C)C1O. The molecule has 0 amide bonds. The smallest absolute Gasteiger partial charge is 0.129 e. The number of fused-ring (bicyclic) bond motifs is 1. The van der Waals surface area contributed by atoms with Crippen molar-refractivity contribution in [2.45, 2.75) is 71.5 Å². The molecular weight excluding hydrogens is 236 g/mol. The third kappa shape index (κ3) is 2.64. The first-order valence-corrected chi connectivity index (χ1v) is 7.40. The molecule has 0 spiro atoms. The number of aryl methyl sites for hydroxylation is 1. The van der Waals surface area contributed by atoms with E-state index < -0.39 is 6.10 Å². The zero-order valence-corrected chi connectivity index (χ0v) is 12.8. The molecule has 1 aliphatic rings. The lowest BCUT2D eigenvalue weighted by atomic mass is 9.83. The van der Waals surface area contributed by atoms with Gasteiger partial charge in [-0.05, 0) is 29.9 Å². The van der Waals surface area contributed by atoms with Gasteiger partial charge in [0.25, 0.3) is 0 Å². The highest BCUT2D eigenvalue weighted by Crippen LogP contribution is 2.45. The van der Waals surface area contributed by atoms with Crippen LogP contribution in [0, 0.1) is 0 Å². The highest BCUT2D eigenvalue weighted by Gasteiger charge is 2.36. The van der Waals surface area contributed by atoms with E-state index in [4.69, 9.17) is 4.74 Å². The molecule has 19 heavy (non-hydrogen) atoms. The van der Waals surface area contributed by atoms with Crippen LogP contribution >= 0.6 is 0 Å². The molecule has 0 radical (unpaired) electrons. The summed E-state index contributed by atoms with van der Waals surface area (Å²) in [6.45, 7) is 10.9. The summed E-state index contributed by atoms with van der Waals surface area (Å²) >= 11 is 0. The second kappa shape index (κ2) is 5.16. The summed E-state index contributed by atoms with van der Waals surface area (Å²) in [6.07, 6.45) is 2.37. The second-order valence-corrected chi connectivity index (χ2v) is 6.56. The fraction of sp³-hybridized carbons (Fsp3) is 0.647. The minimum Gasteiger partial charge on any atom is -0.487 e. The molecule has 2 atom stereocenters. The van der Waals surface area contributed by atoms with E-state index >= 15 is 0 Å².